The summed E-state index contributed by atoms with van der Waals surface area (Å²) in [7, 11) is 0.0422. The number of nitrogens with two attached hydrogens (primary N) is 1. The molecule has 5 nitrogen and oxygen atoms in total. The number of anilines is 1. The number of aryl methyl sites for hydroxylation is 1. The van der Waals surface area contributed by atoms with Gasteiger partial charge in [-0.3, -0.25) is 0 Å². The third-order valence-electron chi connectivity index (χ3n) is 2.42. The molecule has 18 heavy (non-hydrogen) atoms. The molecule has 0 bridgehead atoms. The number of sulfonamides is 1. The molecule has 0 unspecified atom stereocenters. The standard InChI is InChI=1S/C11H18FN3O2S/c1-8-6-9(7-10(13)11(8)12)18(16,17)14-4-5-15(2)3/h6-7,14H,4-5,13H2,1-3H3. The Hall–Kier alpha value is -1.18. The molecule has 0 fully saturated rings. The van der Waals surface area contributed by atoms with Crippen molar-refractivity contribution in [1.82, 2.24) is 9.62 Å². The molecule has 0 aliphatic heterocycles. The van der Waals surface area contributed by atoms with Crippen molar-refractivity contribution in [2.24, 2.45) is 0 Å². The highest BCUT2D eigenvalue weighted by Crippen LogP contribution is 2.20. The van der Waals surface area contributed by atoms with Crippen LogP contribution < -0.4 is 10.5 Å². The Morgan fingerprint density at radius 1 is 1.39 bits per heavy atom. The Morgan fingerprint density at radius 2 is 2.00 bits per heavy atom. The fourth-order valence-corrected chi connectivity index (χ4v) is 2.55. The van der Waals surface area contributed by atoms with Crippen molar-refractivity contribution in [1.29, 1.82) is 0 Å². The second-order valence-corrected chi connectivity index (χ2v) is 6.11. The maximum Gasteiger partial charge on any atom is 0.240 e. The van der Waals surface area contributed by atoms with E-state index < -0.39 is 15.8 Å². The van der Waals surface area contributed by atoms with Crippen molar-refractivity contribution < 1.29 is 12.8 Å². The Bertz CT molecular complexity index is 506. The monoisotopic (exact) mass is 275 g/mol. The summed E-state index contributed by atoms with van der Waals surface area (Å²) in [6, 6.07) is 2.39. The van der Waals surface area contributed by atoms with Crippen LogP contribution in [0.5, 0.6) is 0 Å². The van der Waals surface area contributed by atoms with Gasteiger partial charge in [0.05, 0.1) is 10.6 Å². The van der Waals surface area contributed by atoms with Crippen LogP contribution in [0.25, 0.3) is 0 Å². The predicted octanol–water partition coefficient (Wildman–Crippen LogP) is 0.556. The van der Waals surface area contributed by atoms with Crippen molar-refractivity contribution in [3.8, 4) is 0 Å². The fraction of sp³-hybridized carbons (Fsp3) is 0.455. The lowest BCUT2D eigenvalue weighted by Crippen LogP contribution is -2.31. The molecule has 0 amide bonds. The zero-order chi connectivity index (χ0) is 13.9. The second-order valence-electron chi connectivity index (χ2n) is 4.34. The minimum absolute atomic E-state index is 0.0161. The molecule has 0 aromatic heterocycles. The maximum atomic E-state index is 13.3. The van der Waals surface area contributed by atoms with Gasteiger partial charge in [0.25, 0.3) is 0 Å². The van der Waals surface area contributed by atoms with E-state index in [4.69, 9.17) is 5.73 Å². The van der Waals surface area contributed by atoms with Crippen molar-refractivity contribution in [3.63, 3.8) is 0 Å². The van der Waals surface area contributed by atoms with E-state index in [2.05, 4.69) is 4.72 Å². The van der Waals surface area contributed by atoms with E-state index in [9.17, 15) is 12.8 Å². The second kappa shape index (κ2) is 5.64. The number of nitrogen functional groups attached to an aromatic ring is 1. The number of rotatable bonds is 5. The third kappa shape index (κ3) is 3.66. The number of nitrogens with one attached hydrogen (secondary N) is 1. The normalized spacial score (nSPS) is 12.1. The SMILES string of the molecule is Cc1cc(S(=O)(=O)NCCN(C)C)cc(N)c1F. The van der Waals surface area contributed by atoms with Crippen molar-refractivity contribution in [3.05, 3.63) is 23.5 Å². The lowest BCUT2D eigenvalue weighted by molar-refractivity contribution is 0.412. The molecule has 0 radical (unpaired) electrons. The fourth-order valence-electron chi connectivity index (χ4n) is 1.40. The molecular weight excluding hydrogens is 257 g/mol. The Morgan fingerprint density at radius 3 is 2.50 bits per heavy atom. The first-order valence-electron chi connectivity index (χ1n) is 5.44. The highest BCUT2D eigenvalue weighted by atomic mass is 32.2. The van der Waals surface area contributed by atoms with Crippen molar-refractivity contribution >= 4 is 15.7 Å². The number of hydrogen-bond donors (Lipinski definition) is 2. The average Bonchev–Trinajstić information content (AvgIpc) is 2.24. The average molecular weight is 275 g/mol. The molecule has 0 atom stereocenters. The van der Waals surface area contributed by atoms with Crippen LogP contribution in [0, 0.1) is 12.7 Å². The van der Waals surface area contributed by atoms with Crippen LogP contribution in [0.3, 0.4) is 0 Å². The molecular formula is C11H18FN3O2S. The maximum absolute atomic E-state index is 13.3. The van der Waals surface area contributed by atoms with Crippen molar-refractivity contribution in [2.45, 2.75) is 11.8 Å². The third-order valence-corrected chi connectivity index (χ3v) is 3.86. The molecule has 0 heterocycles. The van der Waals surface area contributed by atoms with Gasteiger partial charge in [0.15, 0.2) is 0 Å². The highest BCUT2D eigenvalue weighted by Gasteiger charge is 2.16. The summed E-state index contributed by atoms with van der Waals surface area (Å²) in [5.74, 6) is -0.581. The Balaban J connectivity index is 2.92. The number of likely N-dealkylation sites (N-methyl/N-ethyl adjacent to an activating group) is 1. The molecule has 102 valence electrons. The zero-order valence-corrected chi connectivity index (χ0v) is 11.5. The molecule has 0 saturated carbocycles. The highest BCUT2D eigenvalue weighted by molar-refractivity contribution is 7.89. The molecule has 0 aliphatic carbocycles. The molecule has 1 aromatic carbocycles. The summed E-state index contributed by atoms with van der Waals surface area (Å²) in [5, 5.41) is 0. The summed E-state index contributed by atoms with van der Waals surface area (Å²) in [4.78, 5) is 1.84. The number of halogens is 1. The van der Waals surface area contributed by atoms with E-state index in [1.54, 1.807) is 0 Å². The molecule has 7 heteroatoms. The topological polar surface area (TPSA) is 75.4 Å². The van der Waals surface area contributed by atoms with Gasteiger partial charge in [-0.05, 0) is 38.7 Å². The minimum Gasteiger partial charge on any atom is -0.396 e. The van der Waals surface area contributed by atoms with Gasteiger partial charge in [-0.25, -0.2) is 17.5 Å². The van der Waals surface area contributed by atoms with E-state index >= 15 is 0 Å². The number of benzene rings is 1. The van der Waals surface area contributed by atoms with Gasteiger partial charge in [0.2, 0.25) is 10.0 Å². The first-order valence-corrected chi connectivity index (χ1v) is 6.92. The summed E-state index contributed by atoms with van der Waals surface area (Å²) >= 11 is 0. The molecule has 0 aliphatic rings. The first kappa shape index (κ1) is 14.9. The van der Waals surface area contributed by atoms with Crippen LogP contribution in [-0.4, -0.2) is 40.5 Å². The first-order chi connectivity index (χ1) is 8.24. The van der Waals surface area contributed by atoms with Gasteiger partial charge in [0, 0.05) is 13.1 Å². The van der Waals surface area contributed by atoms with Crippen LogP contribution in [0.15, 0.2) is 17.0 Å². The van der Waals surface area contributed by atoms with Gasteiger partial charge in [-0.1, -0.05) is 0 Å². The summed E-state index contributed by atoms with van der Waals surface area (Å²) in [6.45, 7) is 2.34. The molecule has 1 aromatic rings. The predicted molar refractivity (Wildman–Crippen MR) is 69.3 cm³/mol. The molecule has 3 N–H and O–H groups in total. The smallest absolute Gasteiger partial charge is 0.240 e. The summed E-state index contributed by atoms with van der Waals surface area (Å²) in [6.07, 6.45) is 0. The van der Waals surface area contributed by atoms with Gasteiger partial charge < -0.3 is 10.6 Å². The van der Waals surface area contributed by atoms with Crippen LogP contribution >= 0.6 is 0 Å². The lowest BCUT2D eigenvalue weighted by atomic mass is 10.2. The zero-order valence-electron chi connectivity index (χ0n) is 10.7. The Labute approximate surface area is 107 Å². The van der Waals surface area contributed by atoms with Gasteiger partial charge in [0.1, 0.15) is 5.82 Å². The lowest BCUT2D eigenvalue weighted by Gasteiger charge is -2.12. The molecule has 0 saturated heterocycles. The minimum atomic E-state index is -3.64. The van der Waals surface area contributed by atoms with E-state index in [0.717, 1.165) is 6.07 Å². The number of hydrogen-bond acceptors (Lipinski definition) is 4. The van der Waals surface area contributed by atoms with Crippen molar-refractivity contribution in [2.75, 3.05) is 32.9 Å². The van der Waals surface area contributed by atoms with Crippen LogP contribution in [-0.2, 0) is 10.0 Å². The van der Waals surface area contributed by atoms with Gasteiger partial charge in [-0.15, -0.1) is 0 Å². The number of nitrogens with zero attached hydrogens (tertiary/aromatic N) is 1. The van der Waals surface area contributed by atoms with Crippen LogP contribution in [0.1, 0.15) is 5.56 Å². The Kier molecular flexibility index (Phi) is 4.66. The molecule has 0 spiro atoms. The summed E-state index contributed by atoms with van der Waals surface area (Å²) in [5.41, 5.74) is 5.47. The largest absolute Gasteiger partial charge is 0.396 e. The van der Waals surface area contributed by atoms with E-state index in [-0.39, 0.29) is 22.7 Å². The van der Waals surface area contributed by atoms with Gasteiger partial charge in [-0.2, -0.15) is 0 Å². The van der Waals surface area contributed by atoms with Gasteiger partial charge >= 0.3 is 0 Å². The quantitative estimate of drug-likeness (QED) is 0.770. The summed E-state index contributed by atoms with van der Waals surface area (Å²) < 4.78 is 39.6. The van der Waals surface area contributed by atoms with E-state index in [0.29, 0.717) is 6.54 Å². The van der Waals surface area contributed by atoms with Crippen LogP contribution in [0.2, 0.25) is 0 Å². The van der Waals surface area contributed by atoms with E-state index in [1.807, 2.05) is 19.0 Å². The van der Waals surface area contributed by atoms with E-state index in [1.165, 1.54) is 13.0 Å². The van der Waals surface area contributed by atoms with Crippen LogP contribution in [0.4, 0.5) is 10.1 Å². The molecule has 1 rings (SSSR count).